The van der Waals surface area contributed by atoms with Gasteiger partial charge in [0.15, 0.2) is 0 Å². The molecule has 0 saturated carbocycles. The molecule has 90 valence electrons. The van der Waals surface area contributed by atoms with Crippen LogP contribution >= 0.6 is 0 Å². The van der Waals surface area contributed by atoms with Crippen molar-refractivity contribution in [1.29, 1.82) is 0 Å². The molecule has 0 fully saturated rings. The summed E-state index contributed by atoms with van der Waals surface area (Å²) < 4.78 is 10.3. The second-order valence-corrected chi connectivity index (χ2v) is 4.10. The molecule has 0 spiro atoms. The van der Waals surface area contributed by atoms with E-state index < -0.39 is 6.10 Å². The first kappa shape index (κ1) is 11.7. The Bertz CT molecular complexity index is 474. The van der Waals surface area contributed by atoms with E-state index in [0.29, 0.717) is 6.42 Å². The van der Waals surface area contributed by atoms with Crippen molar-refractivity contribution in [2.75, 3.05) is 7.11 Å². The maximum absolute atomic E-state index is 10.2. The molecule has 1 aromatic carbocycles. The number of benzene rings is 1. The molecule has 3 nitrogen and oxygen atoms in total. The predicted octanol–water partition coefficient (Wildman–Crippen LogP) is 2.87. The molecule has 1 unspecified atom stereocenters. The van der Waals surface area contributed by atoms with E-state index >= 15 is 0 Å². The van der Waals surface area contributed by atoms with E-state index in [1.807, 2.05) is 31.2 Å². The van der Waals surface area contributed by atoms with E-state index in [1.165, 1.54) is 0 Å². The quantitative estimate of drug-likeness (QED) is 0.881. The van der Waals surface area contributed by atoms with E-state index in [0.717, 1.165) is 22.4 Å². The number of hydrogen-bond donors (Lipinski definition) is 1. The molecule has 1 heterocycles. The Morgan fingerprint density at radius 2 is 2.18 bits per heavy atom. The van der Waals surface area contributed by atoms with Crippen molar-refractivity contribution in [1.82, 2.24) is 0 Å². The van der Waals surface area contributed by atoms with Crippen molar-refractivity contribution in [3.8, 4) is 5.75 Å². The molecular weight excluding hydrogens is 216 g/mol. The highest BCUT2D eigenvalue weighted by atomic mass is 16.5. The molecule has 0 aliphatic carbocycles. The van der Waals surface area contributed by atoms with Gasteiger partial charge in [-0.15, -0.1) is 0 Å². The first-order valence-electron chi connectivity index (χ1n) is 5.54. The third kappa shape index (κ3) is 2.68. The Morgan fingerprint density at radius 3 is 2.82 bits per heavy atom. The fraction of sp³-hybridized carbons (Fsp3) is 0.286. The monoisotopic (exact) mass is 232 g/mol. The van der Waals surface area contributed by atoms with Gasteiger partial charge in [-0.05, 0) is 30.2 Å². The number of aliphatic hydroxyl groups is 1. The van der Waals surface area contributed by atoms with Crippen LogP contribution in [0.4, 0.5) is 0 Å². The molecule has 0 amide bonds. The molecule has 0 aliphatic heterocycles. The van der Waals surface area contributed by atoms with Crippen LogP contribution in [-0.4, -0.2) is 12.2 Å². The summed E-state index contributed by atoms with van der Waals surface area (Å²) in [6.07, 6.45) is 3.19. The summed E-state index contributed by atoms with van der Waals surface area (Å²) in [5.41, 5.74) is 2.89. The van der Waals surface area contributed by atoms with Gasteiger partial charge in [0, 0.05) is 12.0 Å². The first-order valence-corrected chi connectivity index (χ1v) is 5.54. The Kier molecular flexibility index (Phi) is 3.49. The molecule has 3 heteroatoms. The van der Waals surface area contributed by atoms with Crippen LogP contribution in [0, 0.1) is 6.92 Å². The first-order chi connectivity index (χ1) is 8.20. The van der Waals surface area contributed by atoms with Crippen LogP contribution in [0.25, 0.3) is 0 Å². The molecule has 17 heavy (non-hydrogen) atoms. The van der Waals surface area contributed by atoms with Crippen LogP contribution in [0.1, 0.15) is 22.8 Å². The lowest BCUT2D eigenvalue weighted by Gasteiger charge is -2.14. The van der Waals surface area contributed by atoms with Gasteiger partial charge in [0.1, 0.15) is 5.75 Å². The Morgan fingerprint density at radius 1 is 1.35 bits per heavy atom. The van der Waals surface area contributed by atoms with Gasteiger partial charge in [-0.25, -0.2) is 0 Å². The van der Waals surface area contributed by atoms with Gasteiger partial charge < -0.3 is 14.3 Å². The van der Waals surface area contributed by atoms with Crippen molar-refractivity contribution in [3.05, 3.63) is 53.5 Å². The van der Waals surface area contributed by atoms with Gasteiger partial charge in [-0.2, -0.15) is 0 Å². The van der Waals surface area contributed by atoms with Gasteiger partial charge >= 0.3 is 0 Å². The standard InChI is InChI=1S/C14H16O3/c1-10-3-4-12(14(7-10)16-2)13(15)8-11-5-6-17-9-11/h3-7,9,13,15H,8H2,1-2H3. The predicted molar refractivity (Wildman–Crippen MR) is 65.1 cm³/mol. The number of methoxy groups -OCH3 is 1. The molecule has 0 bridgehead atoms. The lowest BCUT2D eigenvalue weighted by atomic mass is 10.0. The maximum Gasteiger partial charge on any atom is 0.124 e. The lowest BCUT2D eigenvalue weighted by Crippen LogP contribution is -2.03. The van der Waals surface area contributed by atoms with E-state index in [9.17, 15) is 5.11 Å². The Hall–Kier alpha value is -1.74. The van der Waals surface area contributed by atoms with E-state index in [-0.39, 0.29) is 0 Å². The molecule has 0 saturated heterocycles. The van der Waals surface area contributed by atoms with Crippen molar-refractivity contribution < 1.29 is 14.3 Å². The molecule has 0 aliphatic rings. The minimum absolute atomic E-state index is 0.524. The van der Waals surface area contributed by atoms with Crippen LogP contribution in [-0.2, 0) is 6.42 Å². The molecule has 1 N–H and O–H groups in total. The van der Waals surface area contributed by atoms with Crippen LogP contribution in [0.2, 0.25) is 0 Å². The van der Waals surface area contributed by atoms with E-state index in [2.05, 4.69) is 0 Å². The van der Waals surface area contributed by atoms with Gasteiger partial charge in [0.25, 0.3) is 0 Å². The summed E-state index contributed by atoms with van der Waals surface area (Å²) in [4.78, 5) is 0. The number of furan rings is 1. The number of ether oxygens (including phenoxy) is 1. The highest BCUT2D eigenvalue weighted by molar-refractivity contribution is 5.39. The van der Waals surface area contributed by atoms with Crippen LogP contribution in [0.5, 0.6) is 5.75 Å². The minimum Gasteiger partial charge on any atom is -0.496 e. The van der Waals surface area contributed by atoms with Crippen molar-refractivity contribution >= 4 is 0 Å². The average Bonchev–Trinajstić information content (AvgIpc) is 2.81. The maximum atomic E-state index is 10.2. The van der Waals surface area contributed by atoms with Crippen molar-refractivity contribution in [2.24, 2.45) is 0 Å². The molecular formula is C14H16O3. The van der Waals surface area contributed by atoms with E-state index in [4.69, 9.17) is 9.15 Å². The van der Waals surface area contributed by atoms with Gasteiger partial charge in [-0.1, -0.05) is 12.1 Å². The molecule has 1 atom stereocenters. The summed E-state index contributed by atoms with van der Waals surface area (Å²) in [5.74, 6) is 0.723. The van der Waals surface area contributed by atoms with E-state index in [1.54, 1.807) is 19.6 Å². The second kappa shape index (κ2) is 5.06. The molecule has 1 aromatic heterocycles. The number of aliphatic hydroxyl groups excluding tert-OH is 1. The average molecular weight is 232 g/mol. The van der Waals surface area contributed by atoms with Crippen LogP contribution < -0.4 is 4.74 Å². The summed E-state index contributed by atoms with van der Waals surface area (Å²) in [6, 6.07) is 7.65. The fourth-order valence-electron chi connectivity index (χ4n) is 1.84. The van der Waals surface area contributed by atoms with Crippen molar-refractivity contribution in [3.63, 3.8) is 0 Å². The topological polar surface area (TPSA) is 42.6 Å². The Labute approximate surface area is 101 Å². The zero-order valence-corrected chi connectivity index (χ0v) is 10.0. The number of aryl methyl sites for hydroxylation is 1. The smallest absolute Gasteiger partial charge is 0.124 e. The summed E-state index contributed by atoms with van der Waals surface area (Å²) in [7, 11) is 1.61. The largest absolute Gasteiger partial charge is 0.496 e. The normalized spacial score (nSPS) is 12.4. The van der Waals surface area contributed by atoms with Gasteiger partial charge in [0.2, 0.25) is 0 Å². The molecule has 2 rings (SSSR count). The highest BCUT2D eigenvalue weighted by Gasteiger charge is 2.14. The second-order valence-electron chi connectivity index (χ2n) is 4.10. The van der Waals surface area contributed by atoms with Crippen LogP contribution in [0.3, 0.4) is 0 Å². The van der Waals surface area contributed by atoms with Gasteiger partial charge in [-0.3, -0.25) is 0 Å². The third-order valence-electron chi connectivity index (χ3n) is 2.76. The summed E-state index contributed by atoms with van der Waals surface area (Å²) in [6.45, 7) is 1.99. The lowest BCUT2D eigenvalue weighted by molar-refractivity contribution is 0.174. The molecule has 0 radical (unpaired) electrons. The van der Waals surface area contributed by atoms with Crippen LogP contribution in [0.15, 0.2) is 41.2 Å². The Balaban J connectivity index is 2.21. The zero-order valence-electron chi connectivity index (χ0n) is 10.0. The fourth-order valence-corrected chi connectivity index (χ4v) is 1.84. The highest BCUT2D eigenvalue weighted by Crippen LogP contribution is 2.28. The van der Waals surface area contributed by atoms with Crippen molar-refractivity contribution in [2.45, 2.75) is 19.4 Å². The zero-order chi connectivity index (χ0) is 12.3. The summed E-state index contributed by atoms with van der Waals surface area (Å²) >= 11 is 0. The summed E-state index contributed by atoms with van der Waals surface area (Å²) in [5, 5.41) is 10.2. The molecule has 2 aromatic rings. The SMILES string of the molecule is COc1cc(C)ccc1C(O)Cc1ccoc1. The number of rotatable bonds is 4. The third-order valence-corrected chi connectivity index (χ3v) is 2.76. The number of hydrogen-bond acceptors (Lipinski definition) is 3. The minimum atomic E-state index is -0.580. The van der Waals surface area contributed by atoms with Gasteiger partial charge in [0.05, 0.1) is 25.7 Å².